The van der Waals surface area contributed by atoms with E-state index in [1.54, 1.807) is 16.8 Å². The first-order chi connectivity index (χ1) is 15.6. The third-order valence-corrected chi connectivity index (χ3v) is 5.16. The number of rotatable bonds is 3. The number of nitrogens with zero attached hydrogens (tertiary/aromatic N) is 6. The second-order valence-corrected chi connectivity index (χ2v) is 7.22. The van der Waals surface area contributed by atoms with E-state index >= 15 is 0 Å². The summed E-state index contributed by atoms with van der Waals surface area (Å²) in [6.45, 7) is -0.299. The molecule has 0 spiro atoms. The Balaban J connectivity index is 1.56. The maximum absolute atomic E-state index is 10.2. The summed E-state index contributed by atoms with van der Waals surface area (Å²) in [5.41, 5.74) is 8.79. The molecule has 1 aliphatic rings. The van der Waals surface area contributed by atoms with E-state index in [9.17, 15) is 10.2 Å². The van der Waals surface area contributed by atoms with E-state index in [4.69, 9.17) is 10.5 Å². The molecule has 0 saturated carbocycles. The molecule has 1 saturated heterocycles. The van der Waals surface area contributed by atoms with Crippen molar-refractivity contribution in [2.24, 2.45) is 0 Å². The Kier molecular flexibility index (Phi) is 5.20. The Morgan fingerprint density at radius 1 is 1.06 bits per heavy atom. The van der Waals surface area contributed by atoms with E-state index < -0.39 is 18.4 Å². The number of imidazole rings is 1. The van der Waals surface area contributed by atoms with Gasteiger partial charge >= 0.3 is 0 Å². The number of fused-ring (bicyclic) bond motifs is 1. The summed E-state index contributed by atoms with van der Waals surface area (Å²) in [4.78, 5) is 21.7. The number of pyridine rings is 2. The van der Waals surface area contributed by atoms with Crippen LogP contribution in [0, 0.1) is 11.8 Å². The molecule has 5 heterocycles. The SMILES string of the molecule is Nc1ncnc2c1nc(C#Cc1cccc(-c3ccccn3)n1)n2[C@H]1C[C@H](O)[C@@H](CO)O1. The van der Waals surface area contributed by atoms with E-state index in [0.29, 0.717) is 28.4 Å². The second-order valence-electron chi connectivity index (χ2n) is 7.22. The van der Waals surface area contributed by atoms with Crippen LogP contribution < -0.4 is 5.73 Å². The van der Waals surface area contributed by atoms with Gasteiger partial charge in [-0.2, -0.15) is 0 Å². The molecule has 0 bridgehead atoms. The topological polar surface area (TPSA) is 145 Å². The van der Waals surface area contributed by atoms with Crippen LogP contribution >= 0.6 is 0 Å². The lowest BCUT2D eigenvalue weighted by Crippen LogP contribution is -2.24. The fourth-order valence-corrected chi connectivity index (χ4v) is 3.61. The van der Waals surface area contributed by atoms with Gasteiger partial charge in [-0.05, 0) is 36.1 Å². The number of nitrogen functional groups attached to an aromatic ring is 1. The van der Waals surface area contributed by atoms with Crippen LogP contribution in [-0.2, 0) is 4.74 Å². The number of ether oxygens (including phenoxy) is 1. The lowest BCUT2D eigenvalue weighted by molar-refractivity contribution is -0.0434. The van der Waals surface area contributed by atoms with Crippen LogP contribution in [0.1, 0.15) is 24.2 Å². The van der Waals surface area contributed by atoms with E-state index in [1.807, 2.05) is 30.3 Å². The molecule has 4 aromatic rings. The molecule has 10 nitrogen and oxygen atoms in total. The first kappa shape index (κ1) is 20.0. The summed E-state index contributed by atoms with van der Waals surface area (Å²) in [6.07, 6.45) is 1.16. The molecule has 160 valence electrons. The number of hydrogen-bond acceptors (Lipinski definition) is 9. The normalized spacial score (nSPS) is 20.2. The number of aliphatic hydroxyl groups excluding tert-OH is 2. The van der Waals surface area contributed by atoms with Crippen LogP contribution in [0.25, 0.3) is 22.6 Å². The van der Waals surface area contributed by atoms with Gasteiger partial charge in [-0.25, -0.2) is 19.9 Å². The standard InChI is InChI=1S/C22H19N7O3/c23-21-20-22(26-12-25-21)29(19-10-16(31)17(11-30)32-19)18(28-20)8-7-13-4-3-6-15(27-13)14-5-1-2-9-24-14/h1-6,9,12,16-17,19,30-31H,10-11H2,(H2,23,25,26)/t16-,17+,19+/m0/s1. The first-order valence-corrected chi connectivity index (χ1v) is 9.97. The van der Waals surface area contributed by atoms with Crippen molar-refractivity contribution in [2.75, 3.05) is 12.3 Å². The minimum Gasteiger partial charge on any atom is -0.394 e. The summed E-state index contributed by atoms with van der Waals surface area (Å²) < 4.78 is 7.48. The van der Waals surface area contributed by atoms with Gasteiger partial charge in [0.05, 0.1) is 24.1 Å². The van der Waals surface area contributed by atoms with E-state index in [1.165, 1.54) is 6.33 Å². The monoisotopic (exact) mass is 429 g/mol. The lowest BCUT2D eigenvalue weighted by atomic mass is 10.2. The Morgan fingerprint density at radius 2 is 1.94 bits per heavy atom. The molecule has 0 aliphatic carbocycles. The molecular formula is C22H19N7O3. The van der Waals surface area contributed by atoms with E-state index in [0.717, 1.165) is 5.69 Å². The zero-order valence-electron chi connectivity index (χ0n) is 16.8. The number of aromatic nitrogens is 6. The third kappa shape index (κ3) is 3.65. The van der Waals surface area contributed by atoms with Gasteiger partial charge in [0, 0.05) is 12.6 Å². The molecule has 10 heteroatoms. The summed E-state index contributed by atoms with van der Waals surface area (Å²) in [7, 11) is 0. The van der Waals surface area contributed by atoms with Crippen molar-refractivity contribution in [2.45, 2.75) is 24.9 Å². The Bertz CT molecular complexity index is 1330. The van der Waals surface area contributed by atoms with Crippen molar-refractivity contribution in [3.05, 3.63) is 60.4 Å². The van der Waals surface area contributed by atoms with Crippen molar-refractivity contribution in [3.63, 3.8) is 0 Å². The highest BCUT2D eigenvalue weighted by molar-refractivity contribution is 5.82. The molecule has 4 aromatic heterocycles. The van der Waals surface area contributed by atoms with Crippen molar-refractivity contribution in [1.82, 2.24) is 29.5 Å². The lowest BCUT2D eigenvalue weighted by Gasteiger charge is -2.14. The molecule has 0 aromatic carbocycles. The minimum atomic E-state index is -0.820. The highest BCUT2D eigenvalue weighted by atomic mass is 16.5. The highest BCUT2D eigenvalue weighted by Crippen LogP contribution is 2.32. The summed E-state index contributed by atoms with van der Waals surface area (Å²) in [5, 5.41) is 19.6. The smallest absolute Gasteiger partial charge is 0.190 e. The molecule has 1 fully saturated rings. The summed E-state index contributed by atoms with van der Waals surface area (Å²) >= 11 is 0. The third-order valence-electron chi connectivity index (χ3n) is 5.16. The Morgan fingerprint density at radius 3 is 2.72 bits per heavy atom. The average Bonchev–Trinajstić information content (AvgIpc) is 3.39. The van der Waals surface area contributed by atoms with Crippen molar-refractivity contribution in [3.8, 4) is 23.2 Å². The van der Waals surface area contributed by atoms with Crippen molar-refractivity contribution >= 4 is 17.0 Å². The van der Waals surface area contributed by atoms with Crippen LogP contribution in [0.2, 0.25) is 0 Å². The van der Waals surface area contributed by atoms with Gasteiger partial charge < -0.3 is 20.7 Å². The van der Waals surface area contributed by atoms with Gasteiger partial charge in [-0.3, -0.25) is 9.55 Å². The van der Waals surface area contributed by atoms with E-state index in [-0.39, 0.29) is 18.8 Å². The van der Waals surface area contributed by atoms with Gasteiger partial charge in [-0.15, -0.1) is 0 Å². The van der Waals surface area contributed by atoms with Crippen LogP contribution in [0.5, 0.6) is 0 Å². The average molecular weight is 429 g/mol. The molecule has 1 aliphatic heterocycles. The predicted octanol–water partition coefficient (Wildman–Crippen LogP) is 0.906. The molecule has 3 atom stereocenters. The molecule has 32 heavy (non-hydrogen) atoms. The number of nitrogens with two attached hydrogens (primary N) is 1. The molecule has 5 rings (SSSR count). The van der Waals surface area contributed by atoms with Crippen LogP contribution in [0.15, 0.2) is 48.9 Å². The van der Waals surface area contributed by atoms with E-state index in [2.05, 4.69) is 36.8 Å². The largest absolute Gasteiger partial charge is 0.394 e. The minimum absolute atomic E-state index is 0.212. The molecule has 0 amide bonds. The second kappa shape index (κ2) is 8.32. The molecular weight excluding hydrogens is 410 g/mol. The van der Waals surface area contributed by atoms with Gasteiger partial charge in [-0.1, -0.05) is 12.1 Å². The van der Waals surface area contributed by atoms with Crippen LogP contribution in [0.3, 0.4) is 0 Å². The van der Waals surface area contributed by atoms with Crippen LogP contribution in [-0.4, -0.2) is 58.5 Å². The van der Waals surface area contributed by atoms with Crippen LogP contribution in [0.4, 0.5) is 5.82 Å². The number of aliphatic hydroxyl groups is 2. The quantitative estimate of drug-likeness (QED) is 0.404. The fraction of sp³-hybridized carbons (Fsp3) is 0.227. The maximum Gasteiger partial charge on any atom is 0.190 e. The Hall–Kier alpha value is -3.91. The predicted molar refractivity (Wildman–Crippen MR) is 115 cm³/mol. The van der Waals surface area contributed by atoms with Gasteiger partial charge in [0.2, 0.25) is 0 Å². The zero-order valence-corrected chi connectivity index (χ0v) is 16.8. The van der Waals surface area contributed by atoms with Gasteiger partial charge in [0.25, 0.3) is 0 Å². The highest BCUT2D eigenvalue weighted by Gasteiger charge is 2.36. The summed E-state index contributed by atoms with van der Waals surface area (Å²) in [6, 6.07) is 11.1. The number of hydrogen-bond donors (Lipinski definition) is 3. The molecule has 4 N–H and O–H groups in total. The zero-order chi connectivity index (χ0) is 22.1. The summed E-state index contributed by atoms with van der Waals surface area (Å²) in [5.74, 6) is 6.60. The fourth-order valence-electron chi connectivity index (χ4n) is 3.61. The number of anilines is 1. The van der Waals surface area contributed by atoms with Gasteiger partial charge in [0.1, 0.15) is 24.4 Å². The van der Waals surface area contributed by atoms with Gasteiger partial charge in [0.15, 0.2) is 22.8 Å². The Labute approximate surface area is 182 Å². The molecule has 0 radical (unpaired) electrons. The van der Waals surface area contributed by atoms with Crippen molar-refractivity contribution < 1.29 is 14.9 Å². The molecule has 0 unspecified atom stereocenters. The van der Waals surface area contributed by atoms with Crippen molar-refractivity contribution in [1.29, 1.82) is 0 Å². The first-order valence-electron chi connectivity index (χ1n) is 9.97. The maximum atomic E-state index is 10.2.